The van der Waals surface area contributed by atoms with Crippen LogP contribution in [0.25, 0.3) is 5.76 Å². The smallest absolute Gasteiger partial charge is 0.295 e. The van der Waals surface area contributed by atoms with E-state index in [1.807, 2.05) is 24.3 Å². The van der Waals surface area contributed by atoms with E-state index < -0.39 is 27.8 Å². The number of ketones is 1. The Bertz CT molecular complexity index is 1290. The second-order valence-electron chi connectivity index (χ2n) is 10.1. The molecule has 0 unspecified atom stereocenters. The average molecular weight is 541 g/mol. The Balaban J connectivity index is 1.72. The number of nitrogens with zero attached hydrogens (tertiary/aromatic N) is 2. The molecule has 2 aliphatic heterocycles. The van der Waals surface area contributed by atoms with Gasteiger partial charge in [0, 0.05) is 38.9 Å². The van der Waals surface area contributed by atoms with Gasteiger partial charge in [0.05, 0.1) is 16.5 Å². The van der Waals surface area contributed by atoms with Crippen molar-refractivity contribution in [2.24, 2.45) is 0 Å². The number of methoxy groups -OCH3 is 1. The molecule has 0 radical (unpaired) electrons. The van der Waals surface area contributed by atoms with E-state index in [0.29, 0.717) is 38.6 Å². The number of ether oxygens (including phenoxy) is 1. The second kappa shape index (κ2) is 11.8. The Kier molecular flexibility index (Phi) is 8.70. The van der Waals surface area contributed by atoms with Gasteiger partial charge < -0.3 is 14.7 Å². The van der Waals surface area contributed by atoms with E-state index in [9.17, 15) is 23.1 Å². The van der Waals surface area contributed by atoms with Crippen molar-refractivity contribution >= 4 is 27.5 Å². The second-order valence-corrected chi connectivity index (χ2v) is 12.1. The number of piperidine rings is 1. The maximum atomic E-state index is 13.2. The maximum Gasteiger partial charge on any atom is 0.295 e. The molecule has 204 valence electrons. The van der Waals surface area contributed by atoms with Crippen LogP contribution in [-0.4, -0.2) is 67.8 Å². The van der Waals surface area contributed by atoms with Gasteiger partial charge in [0.25, 0.3) is 11.7 Å². The Morgan fingerprint density at radius 3 is 2.21 bits per heavy atom. The molecule has 2 aromatic rings. The molecule has 38 heavy (non-hydrogen) atoms. The van der Waals surface area contributed by atoms with Crippen molar-refractivity contribution in [2.45, 2.75) is 56.4 Å². The summed E-state index contributed by atoms with van der Waals surface area (Å²) in [6.45, 7) is 5.87. The molecule has 2 aliphatic rings. The number of Topliss-reactive ketones (excluding diaryl/α,β-unsaturated/α-hetero) is 1. The van der Waals surface area contributed by atoms with Crippen molar-refractivity contribution in [3.8, 4) is 0 Å². The van der Waals surface area contributed by atoms with Crippen LogP contribution in [0.5, 0.6) is 0 Å². The summed E-state index contributed by atoms with van der Waals surface area (Å²) in [6, 6.07) is 12.8. The van der Waals surface area contributed by atoms with E-state index in [1.54, 1.807) is 7.11 Å². The molecule has 4 rings (SSSR count). The highest BCUT2D eigenvalue weighted by molar-refractivity contribution is 7.89. The van der Waals surface area contributed by atoms with Gasteiger partial charge in [-0.3, -0.25) is 9.59 Å². The van der Waals surface area contributed by atoms with Crippen molar-refractivity contribution < 1.29 is 27.9 Å². The van der Waals surface area contributed by atoms with E-state index in [1.165, 1.54) is 33.5 Å². The third-order valence-corrected chi connectivity index (χ3v) is 9.20. The molecule has 2 heterocycles. The van der Waals surface area contributed by atoms with E-state index in [4.69, 9.17) is 4.74 Å². The van der Waals surface area contributed by atoms with Crippen molar-refractivity contribution in [3.05, 3.63) is 70.8 Å². The van der Waals surface area contributed by atoms with Gasteiger partial charge in [0.1, 0.15) is 5.76 Å². The van der Waals surface area contributed by atoms with Crippen LogP contribution >= 0.6 is 0 Å². The number of benzene rings is 2. The van der Waals surface area contributed by atoms with Gasteiger partial charge in [0.2, 0.25) is 10.0 Å². The van der Waals surface area contributed by atoms with Gasteiger partial charge in [0.15, 0.2) is 0 Å². The first-order chi connectivity index (χ1) is 18.2. The highest BCUT2D eigenvalue weighted by Crippen LogP contribution is 2.40. The molecular formula is C29H36N2O6S. The van der Waals surface area contributed by atoms with Gasteiger partial charge >= 0.3 is 0 Å². The molecule has 9 heteroatoms. The summed E-state index contributed by atoms with van der Waals surface area (Å²) in [4.78, 5) is 27.9. The highest BCUT2D eigenvalue weighted by Gasteiger charge is 2.45. The number of aliphatic hydroxyl groups is 1. The minimum Gasteiger partial charge on any atom is -0.507 e. The summed E-state index contributed by atoms with van der Waals surface area (Å²) < 4.78 is 32.7. The van der Waals surface area contributed by atoms with Crippen molar-refractivity contribution in [3.63, 3.8) is 0 Å². The molecule has 2 aromatic carbocycles. The molecule has 0 spiro atoms. The summed E-state index contributed by atoms with van der Waals surface area (Å²) in [6.07, 6.45) is 3.22. The number of likely N-dealkylation sites (tertiary alicyclic amines) is 1. The van der Waals surface area contributed by atoms with E-state index >= 15 is 0 Å². The third kappa shape index (κ3) is 5.55. The Morgan fingerprint density at radius 2 is 1.63 bits per heavy atom. The van der Waals surface area contributed by atoms with Crippen LogP contribution in [0.1, 0.15) is 68.2 Å². The zero-order valence-corrected chi connectivity index (χ0v) is 23.0. The van der Waals surface area contributed by atoms with Crippen LogP contribution in [0.3, 0.4) is 0 Å². The summed E-state index contributed by atoms with van der Waals surface area (Å²) >= 11 is 0. The van der Waals surface area contributed by atoms with Gasteiger partial charge in [-0.15, -0.1) is 0 Å². The Morgan fingerprint density at radius 1 is 1.00 bits per heavy atom. The number of hydrogen-bond donors (Lipinski definition) is 1. The molecule has 8 nitrogen and oxygen atoms in total. The lowest BCUT2D eigenvalue weighted by Gasteiger charge is -2.26. The minimum absolute atomic E-state index is 0.00338. The number of sulfonamides is 1. The molecule has 2 saturated heterocycles. The minimum atomic E-state index is -3.64. The maximum absolute atomic E-state index is 13.2. The summed E-state index contributed by atoms with van der Waals surface area (Å²) in [5.41, 5.74) is 2.12. The van der Waals surface area contributed by atoms with Crippen molar-refractivity contribution in [1.82, 2.24) is 9.21 Å². The van der Waals surface area contributed by atoms with Gasteiger partial charge in [-0.25, -0.2) is 8.42 Å². The number of hydrogen-bond acceptors (Lipinski definition) is 6. The predicted molar refractivity (Wildman–Crippen MR) is 145 cm³/mol. The predicted octanol–water partition coefficient (Wildman–Crippen LogP) is 4.44. The topological polar surface area (TPSA) is 104 Å². The van der Waals surface area contributed by atoms with Crippen LogP contribution < -0.4 is 0 Å². The lowest BCUT2D eigenvalue weighted by atomic mass is 9.93. The fourth-order valence-corrected chi connectivity index (χ4v) is 6.61. The van der Waals surface area contributed by atoms with E-state index in [0.717, 1.165) is 30.4 Å². The molecular weight excluding hydrogens is 504 g/mol. The molecule has 1 amide bonds. The first kappa shape index (κ1) is 28.0. The molecule has 1 atom stereocenters. The lowest BCUT2D eigenvalue weighted by Crippen LogP contribution is -2.35. The zero-order chi connectivity index (χ0) is 27.4. The quantitative estimate of drug-likeness (QED) is 0.218. The Labute approximate surface area is 225 Å². The fourth-order valence-electron chi connectivity index (χ4n) is 5.09. The first-order valence-electron chi connectivity index (χ1n) is 13.1. The van der Waals surface area contributed by atoms with E-state index in [2.05, 4.69) is 13.8 Å². The van der Waals surface area contributed by atoms with Gasteiger partial charge in [-0.05, 0) is 60.6 Å². The average Bonchev–Trinajstić information content (AvgIpc) is 3.18. The molecule has 0 bridgehead atoms. The van der Waals surface area contributed by atoms with Crippen molar-refractivity contribution in [2.75, 3.05) is 33.4 Å². The molecule has 0 aliphatic carbocycles. The van der Waals surface area contributed by atoms with Crippen LogP contribution in [-0.2, 0) is 24.3 Å². The van der Waals surface area contributed by atoms with Crippen molar-refractivity contribution in [1.29, 1.82) is 0 Å². The SMILES string of the molecule is COCCCN1C(=O)C(=O)/C(=C(/O)c2ccc(S(=O)(=O)N3CCCCC3)cc2)[C@H]1c1ccc(C(C)C)cc1. The summed E-state index contributed by atoms with van der Waals surface area (Å²) in [5.74, 6) is -1.44. The largest absolute Gasteiger partial charge is 0.507 e. The zero-order valence-electron chi connectivity index (χ0n) is 22.2. The normalized spacial score (nSPS) is 20.4. The summed E-state index contributed by atoms with van der Waals surface area (Å²) in [7, 11) is -2.06. The third-order valence-electron chi connectivity index (χ3n) is 7.29. The molecule has 1 N–H and O–H groups in total. The monoisotopic (exact) mass is 540 g/mol. The van der Waals surface area contributed by atoms with Crippen LogP contribution in [0.4, 0.5) is 0 Å². The highest BCUT2D eigenvalue weighted by atomic mass is 32.2. The standard InChI is InChI=1S/C29H36N2O6S/c1-20(2)21-8-10-22(11-9-21)26-25(28(33)29(34)31(26)18-7-19-37-3)27(32)23-12-14-24(15-13-23)38(35,36)30-16-5-4-6-17-30/h8-15,20,26,32H,4-7,16-19H2,1-3H3/b27-25+/t26-/m1/s1. The Hall–Kier alpha value is -3.01. The van der Waals surface area contributed by atoms with Gasteiger partial charge in [-0.2, -0.15) is 4.31 Å². The number of carbonyl (C=O) groups excluding carboxylic acids is 2. The molecule has 0 saturated carbocycles. The van der Waals surface area contributed by atoms with E-state index in [-0.39, 0.29) is 21.8 Å². The van der Waals surface area contributed by atoms with Crippen LogP contribution in [0.2, 0.25) is 0 Å². The number of rotatable bonds is 9. The van der Waals surface area contributed by atoms with Crippen LogP contribution in [0.15, 0.2) is 59.0 Å². The first-order valence-corrected chi connectivity index (χ1v) is 14.6. The number of amides is 1. The number of aliphatic hydroxyl groups excluding tert-OH is 1. The van der Waals surface area contributed by atoms with Crippen LogP contribution in [0, 0.1) is 0 Å². The molecule has 0 aromatic heterocycles. The summed E-state index contributed by atoms with van der Waals surface area (Å²) in [5, 5.41) is 11.3. The lowest BCUT2D eigenvalue weighted by molar-refractivity contribution is -0.140. The fraction of sp³-hybridized carbons (Fsp3) is 0.448. The molecule has 2 fully saturated rings. The number of carbonyl (C=O) groups is 2. The van der Waals surface area contributed by atoms with Gasteiger partial charge in [-0.1, -0.05) is 44.5 Å².